The second-order valence-corrected chi connectivity index (χ2v) is 3.97. The van der Waals surface area contributed by atoms with Crippen molar-refractivity contribution in [2.24, 2.45) is 5.92 Å². The smallest absolute Gasteiger partial charge is 0.251 e. The molecule has 1 fully saturated rings. The van der Waals surface area contributed by atoms with Crippen molar-refractivity contribution >= 4 is 5.91 Å². The minimum Gasteiger partial charge on any atom is -0.349 e. The number of amides is 1. The molecule has 1 aromatic rings. The fourth-order valence-electron chi connectivity index (χ4n) is 1.59. The highest BCUT2D eigenvalue weighted by Crippen LogP contribution is 2.32. The maximum Gasteiger partial charge on any atom is 0.251 e. The van der Waals surface area contributed by atoms with Gasteiger partial charge in [-0.25, -0.2) is 0 Å². The highest BCUT2D eigenvalue weighted by Gasteiger charge is 2.28. The van der Waals surface area contributed by atoms with E-state index in [0.717, 1.165) is 5.56 Å². The van der Waals surface area contributed by atoms with Crippen LogP contribution < -0.4 is 5.32 Å². The fourth-order valence-corrected chi connectivity index (χ4v) is 1.59. The molecule has 74 valence electrons. The molecule has 0 heterocycles. The van der Waals surface area contributed by atoms with E-state index in [1.165, 1.54) is 12.8 Å². The van der Waals surface area contributed by atoms with Gasteiger partial charge in [-0.15, -0.1) is 0 Å². The quantitative estimate of drug-likeness (QED) is 0.776. The molecule has 1 N–H and O–H groups in total. The van der Waals surface area contributed by atoms with Gasteiger partial charge in [-0.05, 0) is 37.8 Å². The molecule has 0 radical (unpaired) electrons. The molecule has 2 heteroatoms. The summed E-state index contributed by atoms with van der Waals surface area (Å²) < 4.78 is 0. The Morgan fingerprint density at radius 2 is 2.00 bits per heavy atom. The van der Waals surface area contributed by atoms with Crippen molar-refractivity contribution in [1.29, 1.82) is 0 Å². The Labute approximate surface area is 84.3 Å². The van der Waals surface area contributed by atoms with Crippen LogP contribution >= 0.6 is 0 Å². The van der Waals surface area contributed by atoms with Crippen LogP contribution in [0, 0.1) is 5.92 Å². The van der Waals surface area contributed by atoms with Crippen molar-refractivity contribution in [3.05, 3.63) is 35.9 Å². The number of carbonyl (C=O) groups is 1. The topological polar surface area (TPSA) is 29.1 Å². The van der Waals surface area contributed by atoms with Gasteiger partial charge in [-0.2, -0.15) is 0 Å². The second kappa shape index (κ2) is 3.82. The number of hydrogen-bond acceptors (Lipinski definition) is 1. The van der Waals surface area contributed by atoms with Crippen LogP contribution in [0.4, 0.5) is 0 Å². The fraction of sp³-hybridized carbons (Fsp3) is 0.417. The molecule has 2 rings (SSSR count). The lowest BCUT2D eigenvalue weighted by Crippen LogP contribution is -2.33. The number of nitrogens with one attached hydrogen (secondary N) is 1. The molecule has 1 aliphatic rings. The molecule has 0 bridgehead atoms. The molecular formula is C12H15NO. The molecule has 1 amide bonds. The average Bonchev–Trinajstić information content (AvgIpc) is 3.02. The Kier molecular flexibility index (Phi) is 2.53. The number of carbonyl (C=O) groups excluding carboxylic acids is 1. The summed E-state index contributed by atoms with van der Waals surface area (Å²) in [6.07, 6.45) is 2.52. The van der Waals surface area contributed by atoms with Crippen LogP contribution in [0.25, 0.3) is 0 Å². The zero-order valence-electron chi connectivity index (χ0n) is 8.36. The molecule has 0 spiro atoms. The number of hydrogen-bond donors (Lipinski definition) is 1. The van der Waals surface area contributed by atoms with Gasteiger partial charge in [0.2, 0.25) is 0 Å². The van der Waals surface area contributed by atoms with E-state index >= 15 is 0 Å². The Morgan fingerprint density at radius 3 is 2.57 bits per heavy atom. The summed E-state index contributed by atoms with van der Waals surface area (Å²) in [4.78, 5) is 11.7. The van der Waals surface area contributed by atoms with E-state index in [1.807, 2.05) is 30.3 Å². The van der Waals surface area contributed by atoms with Crippen LogP contribution in [0.3, 0.4) is 0 Å². The van der Waals surface area contributed by atoms with Crippen molar-refractivity contribution in [2.75, 3.05) is 0 Å². The minimum atomic E-state index is 0.0463. The minimum absolute atomic E-state index is 0.0463. The Hall–Kier alpha value is -1.31. The van der Waals surface area contributed by atoms with E-state index in [2.05, 4.69) is 12.2 Å². The zero-order valence-corrected chi connectivity index (χ0v) is 8.36. The van der Waals surface area contributed by atoms with Crippen molar-refractivity contribution in [3.8, 4) is 0 Å². The summed E-state index contributed by atoms with van der Waals surface area (Å²) in [6.45, 7) is 2.08. The van der Waals surface area contributed by atoms with Gasteiger partial charge in [-0.1, -0.05) is 18.2 Å². The van der Waals surface area contributed by atoms with Crippen molar-refractivity contribution in [1.82, 2.24) is 5.32 Å². The summed E-state index contributed by atoms with van der Waals surface area (Å²) >= 11 is 0. The summed E-state index contributed by atoms with van der Waals surface area (Å²) in [5.41, 5.74) is 0.750. The third kappa shape index (κ3) is 2.13. The summed E-state index contributed by atoms with van der Waals surface area (Å²) in [7, 11) is 0. The molecule has 0 aromatic heterocycles. The van der Waals surface area contributed by atoms with E-state index < -0.39 is 0 Å². The molecule has 1 saturated carbocycles. The largest absolute Gasteiger partial charge is 0.349 e. The first kappa shape index (κ1) is 9.25. The van der Waals surface area contributed by atoms with Gasteiger partial charge in [0, 0.05) is 11.6 Å². The summed E-state index contributed by atoms with van der Waals surface area (Å²) in [6, 6.07) is 9.70. The third-order valence-electron chi connectivity index (χ3n) is 2.72. The maximum atomic E-state index is 11.7. The summed E-state index contributed by atoms with van der Waals surface area (Å²) in [5, 5.41) is 3.02. The molecule has 14 heavy (non-hydrogen) atoms. The highest BCUT2D eigenvalue weighted by atomic mass is 16.1. The average molecular weight is 189 g/mol. The van der Waals surface area contributed by atoms with Crippen LogP contribution in [0.2, 0.25) is 0 Å². The van der Waals surface area contributed by atoms with E-state index in [0.29, 0.717) is 12.0 Å². The Balaban J connectivity index is 1.95. The van der Waals surface area contributed by atoms with Gasteiger partial charge >= 0.3 is 0 Å². The first-order valence-corrected chi connectivity index (χ1v) is 5.13. The van der Waals surface area contributed by atoms with Crippen LogP contribution in [-0.4, -0.2) is 11.9 Å². The van der Waals surface area contributed by atoms with Gasteiger partial charge < -0.3 is 5.32 Å². The lowest BCUT2D eigenvalue weighted by molar-refractivity contribution is 0.0936. The first-order valence-electron chi connectivity index (χ1n) is 5.13. The number of rotatable bonds is 3. The Morgan fingerprint density at radius 1 is 1.36 bits per heavy atom. The molecule has 0 saturated heterocycles. The van der Waals surface area contributed by atoms with Gasteiger partial charge in [0.05, 0.1) is 0 Å². The molecular weight excluding hydrogens is 174 g/mol. The van der Waals surface area contributed by atoms with Crippen molar-refractivity contribution in [3.63, 3.8) is 0 Å². The van der Waals surface area contributed by atoms with E-state index in [-0.39, 0.29) is 5.91 Å². The lowest BCUT2D eigenvalue weighted by Gasteiger charge is -2.12. The predicted octanol–water partition coefficient (Wildman–Crippen LogP) is 2.21. The monoisotopic (exact) mass is 189 g/mol. The number of benzene rings is 1. The predicted molar refractivity (Wildman–Crippen MR) is 56.1 cm³/mol. The van der Waals surface area contributed by atoms with Crippen molar-refractivity contribution < 1.29 is 4.79 Å². The van der Waals surface area contributed by atoms with Gasteiger partial charge in [-0.3, -0.25) is 4.79 Å². The standard InChI is InChI=1S/C12H15NO/c1-9(10-7-8-10)13-12(14)11-5-3-2-4-6-11/h2-6,9-10H,7-8H2,1H3,(H,13,14). The van der Waals surface area contributed by atoms with E-state index in [4.69, 9.17) is 0 Å². The zero-order chi connectivity index (χ0) is 9.97. The molecule has 0 aliphatic heterocycles. The first-order chi connectivity index (χ1) is 6.77. The van der Waals surface area contributed by atoms with Crippen LogP contribution in [-0.2, 0) is 0 Å². The normalized spacial score (nSPS) is 17.5. The molecule has 1 unspecified atom stereocenters. The SMILES string of the molecule is CC(NC(=O)c1ccccc1)C1CC1. The van der Waals surface area contributed by atoms with Crippen LogP contribution in [0.15, 0.2) is 30.3 Å². The maximum absolute atomic E-state index is 11.7. The van der Waals surface area contributed by atoms with Gasteiger partial charge in [0.15, 0.2) is 0 Å². The molecule has 1 atom stereocenters. The van der Waals surface area contributed by atoms with Crippen LogP contribution in [0.1, 0.15) is 30.1 Å². The Bertz CT molecular complexity index is 316. The van der Waals surface area contributed by atoms with E-state index in [9.17, 15) is 4.79 Å². The highest BCUT2D eigenvalue weighted by molar-refractivity contribution is 5.94. The third-order valence-corrected chi connectivity index (χ3v) is 2.72. The summed E-state index contributed by atoms with van der Waals surface area (Å²) in [5.74, 6) is 0.757. The van der Waals surface area contributed by atoms with Gasteiger partial charge in [0.1, 0.15) is 0 Å². The molecule has 2 nitrogen and oxygen atoms in total. The van der Waals surface area contributed by atoms with Gasteiger partial charge in [0.25, 0.3) is 5.91 Å². The van der Waals surface area contributed by atoms with Crippen molar-refractivity contribution in [2.45, 2.75) is 25.8 Å². The molecule has 1 aromatic carbocycles. The second-order valence-electron chi connectivity index (χ2n) is 3.97. The molecule has 1 aliphatic carbocycles. The van der Waals surface area contributed by atoms with E-state index in [1.54, 1.807) is 0 Å². The van der Waals surface area contributed by atoms with Crippen LogP contribution in [0.5, 0.6) is 0 Å². The lowest BCUT2D eigenvalue weighted by atomic mass is 10.1.